The average molecular weight is 230 g/mol. The number of benzene rings is 1. The average Bonchev–Trinajstić information content (AvgIpc) is 2.70. The van der Waals surface area contributed by atoms with Gasteiger partial charge in [0.15, 0.2) is 0 Å². The van der Waals surface area contributed by atoms with E-state index in [-0.39, 0.29) is 5.91 Å². The van der Waals surface area contributed by atoms with Crippen molar-refractivity contribution in [3.05, 3.63) is 35.9 Å². The second-order valence-electron chi connectivity index (χ2n) is 5.15. The second kappa shape index (κ2) is 4.49. The van der Waals surface area contributed by atoms with Crippen molar-refractivity contribution >= 4 is 5.91 Å². The van der Waals surface area contributed by atoms with E-state index < -0.39 is 0 Å². The lowest BCUT2D eigenvalue weighted by atomic mass is 9.93. The molecular formula is C14H18N2O. The Morgan fingerprint density at radius 3 is 2.94 bits per heavy atom. The van der Waals surface area contributed by atoms with Gasteiger partial charge in [0.05, 0.1) is 0 Å². The summed E-state index contributed by atoms with van der Waals surface area (Å²) < 4.78 is 0. The molecule has 0 unspecified atom stereocenters. The maximum atomic E-state index is 11.3. The van der Waals surface area contributed by atoms with Gasteiger partial charge in [-0.05, 0) is 12.0 Å². The third-order valence-electron chi connectivity index (χ3n) is 3.86. The Hall–Kier alpha value is -1.35. The Morgan fingerprint density at radius 1 is 1.29 bits per heavy atom. The highest BCUT2D eigenvalue weighted by atomic mass is 16.2. The summed E-state index contributed by atoms with van der Waals surface area (Å²) in [6.07, 6.45) is 1.82. The number of amides is 1. The summed E-state index contributed by atoms with van der Waals surface area (Å²) in [7, 11) is 0. The third kappa shape index (κ3) is 2.34. The highest BCUT2D eigenvalue weighted by molar-refractivity contribution is 5.79. The Balaban J connectivity index is 1.61. The van der Waals surface area contributed by atoms with Crippen LogP contribution in [0, 0.1) is 5.92 Å². The Labute approximate surface area is 102 Å². The normalized spacial score (nSPS) is 28.8. The molecule has 2 aliphatic heterocycles. The van der Waals surface area contributed by atoms with Gasteiger partial charge >= 0.3 is 0 Å². The topological polar surface area (TPSA) is 32.3 Å². The molecule has 3 nitrogen and oxygen atoms in total. The number of rotatable bonds is 2. The molecule has 1 aromatic rings. The predicted octanol–water partition coefficient (Wildman–Crippen LogP) is 1.40. The van der Waals surface area contributed by atoms with Gasteiger partial charge in [-0.3, -0.25) is 9.69 Å². The van der Waals surface area contributed by atoms with E-state index in [1.54, 1.807) is 0 Å². The maximum Gasteiger partial charge on any atom is 0.220 e. The van der Waals surface area contributed by atoms with Crippen molar-refractivity contribution in [1.29, 1.82) is 0 Å². The molecule has 0 bridgehead atoms. The lowest BCUT2D eigenvalue weighted by Crippen LogP contribution is -2.44. The number of hydrogen-bond donors (Lipinski definition) is 1. The summed E-state index contributed by atoms with van der Waals surface area (Å²) in [5, 5.41) is 3.07. The van der Waals surface area contributed by atoms with Crippen molar-refractivity contribution in [2.45, 2.75) is 25.4 Å². The van der Waals surface area contributed by atoms with Gasteiger partial charge in [-0.2, -0.15) is 0 Å². The fraction of sp³-hybridized carbons (Fsp3) is 0.500. The first kappa shape index (κ1) is 10.8. The molecule has 3 heteroatoms. The molecule has 2 fully saturated rings. The maximum absolute atomic E-state index is 11.3. The molecule has 0 radical (unpaired) electrons. The number of nitrogens with zero attached hydrogens (tertiary/aromatic N) is 1. The minimum absolute atomic E-state index is 0.238. The van der Waals surface area contributed by atoms with E-state index in [4.69, 9.17) is 0 Å². The standard InChI is InChI=1S/C14H18N2O/c17-14-8-12-10-16(7-6-13(12)15-14)9-11-4-2-1-3-5-11/h1-5,12-13H,6-10H2,(H,15,17)/t12-,13-/m0/s1. The second-order valence-corrected chi connectivity index (χ2v) is 5.15. The fourth-order valence-corrected chi connectivity index (χ4v) is 2.99. The molecule has 0 aromatic heterocycles. The van der Waals surface area contributed by atoms with Crippen LogP contribution in [0.3, 0.4) is 0 Å². The van der Waals surface area contributed by atoms with Crippen LogP contribution in [0.1, 0.15) is 18.4 Å². The van der Waals surface area contributed by atoms with Gasteiger partial charge in [-0.25, -0.2) is 0 Å². The molecule has 3 rings (SSSR count). The lowest BCUT2D eigenvalue weighted by molar-refractivity contribution is -0.119. The molecule has 2 heterocycles. The molecule has 17 heavy (non-hydrogen) atoms. The van der Waals surface area contributed by atoms with Crippen LogP contribution in [0.2, 0.25) is 0 Å². The highest BCUT2D eigenvalue weighted by Gasteiger charge is 2.36. The van der Waals surface area contributed by atoms with Gasteiger partial charge in [0, 0.05) is 38.0 Å². The lowest BCUT2D eigenvalue weighted by Gasteiger charge is -2.34. The number of carbonyl (C=O) groups excluding carboxylic acids is 1. The quantitative estimate of drug-likeness (QED) is 0.833. The van der Waals surface area contributed by atoms with Gasteiger partial charge in [0.2, 0.25) is 5.91 Å². The monoisotopic (exact) mass is 230 g/mol. The Kier molecular flexibility index (Phi) is 2.85. The van der Waals surface area contributed by atoms with Crippen LogP contribution in [0.25, 0.3) is 0 Å². The van der Waals surface area contributed by atoms with E-state index in [1.165, 1.54) is 5.56 Å². The van der Waals surface area contributed by atoms with Crippen molar-refractivity contribution in [2.75, 3.05) is 13.1 Å². The molecule has 1 N–H and O–H groups in total. The highest BCUT2D eigenvalue weighted by Crippen LogP contribution is 2.26. The number of fused-ring (bicyclic) bond motifs is 1. The number of likely N-dealkylation sites (tertiary alicyclic amines) is 1. The van der Waals surface area contributed by atoms with E-state index in [9.17, 15) is 4.79 Å². The van der Waals surface area contributed by atoms with E-state index in [1.807, 2.05) is 0 Å². The van der Waals surface area contributed by atoms with Crippen LogP contribution in [0.15, 0.2) is 30.3 Å². The molecule has 0 spiro atoms. The van der Waals surface area contributed by atoms with Crippen LogP contribution < -0.4 is 5.32 Å². The zero-order valence-electron chi connectivity index (χ0n) is 9.93. The van der Waals surface area contributed by atoms with Crippen LogP contribution in [-0.4, -0.2) is 29.9 Å². The van der Waals surface area contributed by atoms with Crippen molar-refractivity contribution in [1.82, 2.24) is 10.2 Å². The zero-order valence-corrected chi connectivity index (χ0v) is 9.93. The first-order valence-electron chi connectivity index (χ1n) is 6.37. The Bertz CT molecular complexity index is 404. The van der Waals surface area contributed by atoms with E-state index >= 15 is 0 Å². The fourth-order valence-electron chi connectivity index (χ4n) is 2.99. The number of nitrogens with one attached hydrogen (secondary N) is 1. The number of piperidine rings is 1. The minimum atomic E-state index is 0.238. The molecule has 90 valence electrons. The summed E-state index contributed by atoms with van der Waals surface area (Å²) in [5.41, 5.74) is 1.36. The van der Waals surface area contributed by atoms with Crippen molar-refractivity contribution in [3.8, 4) is 0 Å². The molecule has 0 aliphatic carbocycles. The van der Waals surface area contributed by atoms with Gasteiger partial charge in [0.1, 0.15) is 0 Å². The molecule has 2 aliphatic rings. The molecular weight excluding hydrogens is 212 g/mol. The van der Waals surface area contributed by atoms with Gasteiger partial charge < -0.3 is 5.32 Å². The van der Waals surface area contributed by atoms with E-state index in [0.29, 0.717) is 12.0 Å². The molecule has 2 saturated heterocycles. The van der Waals surface area contributed by atoms with Crippen LogP contribution in [0.4, 0.5) is 0 Å². The van der Waals surface area contributed by atoms with Crippen LogP contribution >= 0.6 is 0 Å². The van der Waals surface area contributed by atoms with Crippen molar-refractivity contribution < 1.29 is 4.79 Å². The van der Waals surface area contributed by atoms with Crippen LogP contribution in [0.5, 0.6) is 0 Å². The smallest absolute Gasteiger partial charge is 0.220 e. The first-order valence-corrected chi connectivity index (χ1v) is 6.37. The minimum Gasteiger partial charge on any atom is -0.353 e. The van der Waals surface area contributed by atoms with Crippen molar-refractivity contribution in [2.24, 2.45) is 5.92 Å². The summed E-state index contributed by atoms with van der Waals surface area (Å²) >= 11 is 0. The largest absolute Gasteiger partial charge is 0.353 e. The Morgan fingerprint density at radius 2 is 2.12 bits per heavy atom. The van der Waals surface area contributed by atoms with Gasteiger partial charge in [-0.15, -0.1) is 0 Å². The molecule has 2 atom stereocenters. The SMILES string of the molecule is O=C1C[C@H]2CN(Cc3ccccc3)CC[C@@H]2N1. The predicted molar refractivity (Wildman–Crippen MR) is 66.4 cm³/mol. The third-order valence-corrected chi connectivity index (χ3v) is 3.86. The summed E-state index contributed by atoms with van der Waals surface area (Å²) in [5.74, 6) is 0.765. The van der Waals surface area contributed by atoms with Gasteiger partial charge in [-0.1, -0.05) is 30.3 Å². The summed E-state index contributed by atoms with van der Waals surface area (Å²) in [6.45, 7) is 3.16. The first-order chi connectivity index (χ1) is 8.31. The number of hydrogen-bond acceptors (Lipinski definition) is 2. The van der Waals surface area contributed by atoms with E-state index in [2.05, 4.69) is 40.5 Å². The summed E-state index contributed by atoms with van der Waals surface area (Å²) in [6, 6.07) is 11.0. The van der Waals surface area contributed by atoms with Crippen LogP contribution in [-0.2, 0) is 11.3 Å². The van der Waals surface area contributed by atoms with Gasteiger partial charge in [0.25, 0.3) is 0 Å². The van der Waals surface area contributed by atoms with E-state index in [0.717, 1.165) is 32.5 Å². The summed E-state index contributed by atoms with van der Waals surface area (Å²) in [4.78, 5) is 13.8. The van der Waals surface area contributed by atoms with Crippen molar-refractivity contribution in [3.63, 3.8) is 0 Å². The molecule has 0 saturated carbocycles. The molecule has 1 amide bonds. The molecule has 1 aromatic carbocycles. The number of carbonyl (C=O) groups is 1. The zero-order chi connectivity index (χ0) is 11.7.